The molecule has 1 fully saturated rings. The lowest BCUT2D eigenvalue weighted by molar-refractivity contribution is 0.102. The molecule has 6 nitrogen and oxygen atoms in total. The number of aromatic nitrogens is 2. The van der Waals surface area contributed by atoms with Gasteiger partial charge in [0.05, 0.1) is 11.1 Å². The van der Waals surface area contributed by atoms with Crippen LogP contribution < -0.4 is 11.1 Å². The van der Waals surface area contributed by atoms with Crippen LogP contribution in [0, 0.1) is 13.8 Å². The fraction of sp³-hybridized carbons (Fsp3) is 0.400. The molecule has 2 N–H and O–H groups in total. The van der Waals surface area contributed by atoms with Crippen LogP contribution in [-0.2, 0) is 0 Å². The quantitative estimate of drug-likeness (QED) is 0.737. The van der Waals surface area contributed by atoms with Gasteiger partial charge in [-0.2, -0.15) is 0 Å². The summed E-state index contributed by atoms with van der Waals surface area (Å²) in [5.74, 6) is -0.634. The first-order valence-electron chi connectivity index (χ1n) is 9.15. The molecule has 0 unspecified atom stereocenters. The van der Waals surface area contributed by atoms with Crippen LogP contribution in [0.3, 0.4) is 0 Å². The molecule has 0 radical (unpaired) electrons. The van der Waals surface area contributed by atoms with Crippen LogP contribution in [0.4, 0.5) is 5.69 Å². The largest absolute Gasteiger partial charge is 0.417 e. The van der Waals surface area contributed by atoms with Crippen LogP contribution in [0.2, 0.25) is 0 Å². The molecule has 136 valence electrons. The van der Waals surface area contributed by atoms with Crippen molar-refractivity contribution in [1.82, 2.24) is 9.55 Å². The lowest BCUT2D eigenvalue weighted by Gasteiger charge is -2.26. The molecule has 1 aliphatic carbocycles. The maximum Gasteiger partial charge on any atom is 0.417 e. The number of benzene rings is 1. The predicted octanol–water partition coefficient (Wildman–Crippen LogP) is 4.30. The molecule has 4 rings (SSSR count). The highest BCUT2D eigenvalue weighted by Crippen LogP contribution is 2.32. The number of nitrogens with one attached hydrogen (secondary N) is 2. The molecule has 1 amide bonds. The molecule has 0 spiro atoms. The second-order valence-corrected chi connectivity index (χ2v) is 7.13. The normalized spacial score (nSPS) is 15.5. The molecular weight excluding hydrogens is 330 g/mol. The van der Waals surface area contributed by atoms with Crippen molar-refractivity contribution in [3.8, 4) is 0 Å². The number of carbonyl (C=O) groups is 1. The highest BCUT2D eigenvalue weighted by atomic mass is 16.4. The van der Waals surface area contributed by atoms with Crippen molar-refractivity contribution in [3.05, 3.63) is 51.8 Å². The third-order valence-corrected chi connectivity index (χ3v) is 5.35. The maximum absolute atomic E-state index is 12.8. The minimum absolute atomic E-state index is 0.134. The Kier molecular flexibility index (Phi) is 4.18. The molecule has 3 aromatic rings. The van der Waals surface area contributed by atoms with Crippen molar-refractivity contribution < 1.29 is 9.21 Å². The zero-order chi connectivity index (χ0) is 18.3. The van der Waals surface area contributed by atoms with E-state index in [-0.39, 0.29) is 5.91 Å². The van der Waals surface area contributed by atoms with Gasteiger partial charge < -0.3 is 14.3 Å². The van der Waals surface area contributed by atoms with E-state index in [4.69, 9.17) is 4.42 Å². The molecular formula is C20H23N3O3. The van der Waals surface area contributed by atoms with Gasteiger partial charge in [-0.1, -0.05) is 19.3 Å². The number of fused-ring (bicyclic) bond motifs is 1. The van der Waals surface area contributed by atoms with Gasteiger partial charge in [-0.15, -0.1) is 0 Å². The Morgan fingerprint density at radius 2 is 1.96 bits per heavy atom. The highest BCUT2D eigenvalue weighted by molar-refractivity contribution is 6.05. The van der Waals surface area contributed by atoms with Crippen molar-refractivity contribution in [2.24, 2.45) is 0 Å². The van der Waals surface area contributed by atoms with Gasteiger partial charge in [0.2, 0.25) is 0 Å². The molecule has 0 aliphatic heterocycles. The average Bonchev–Trinajstić information content (AvgIpc) is 3.13. The first-order chi connectivity index (χ1) is 12.5. The molecule has 2 heterocycles. The summed E-state index contributed by atoms with van der Waals surface area (Å²) in [7, 11) is 0. The van der Waals surface area contributed by atoms with E-state index >= 15 is 0 Å². The highest BCUT2D eigenvalue weighted by Gasteiger charge is 2.22. The summed E-state index contributed by atoms with van der Waals surface area (Å²) in [4.78, 5) is 26.7. The molecule has 0 bridgehead atoms. The van der Waals surface area contributed by atoms with Gasteiger partial charge >= 0.3 is 5.76 Å². The molecule has 1 aliphatic rings. The number of aryl methyl sites for hydroxylation is 1. The van der Waals surface area contributed by atoms with Gasteiger partial charge in [-0.05, 0) is 51.0 Å². The van der Waals surface area contributed by atoms with Crippen molar-refractivity contribution >= 4 is 22.7 Å². The van der Waals surface area contributed by atoms with Crippen LogP contribution in [0.1, 0.15) is 59.9 Å². The number of H-pyrrole nitrogens is 1. The smallest absolute Gasteiger partial charge is 0.408 e. The van der Waals surface area contributed by atoms with Gasteiger partial charge in [0.1, 0.15) is 0 Å². The van der Waals surface area contributed by atoms with Gasteiger partial charge in [0, 0.05) is 23.1 Å². The molecule has 1 saturated carbocycles. The molecule has 0 saturated heterocycles. The van der Waals surface area contributed by atoms with E-state index in [2.05, 4.69) is 21.8 Å². The number of aromatic amines is 1. The third kappa shape index (κ3) is 2.96. The van der Waals surface area contributed by atoms with Crippen LogP contribution in [0.15, 0.2) is 33.5 Å². The second-order valence-electron chi connectivity index (χ2n) is 7.13. The molecule has 6 heteroatoms. The van der Waals surface area contributed by atoms with E-state index in [1.54, 1.807) is 18.2 Å². The van der Waals surface area contributed by atoms with Gasteiger partial charge in [0.15, 0.2) is 5.58 Å². The number of anilines is 1. The van der Waals surface area contributed by atoms with E-state index in [1.165, 1.54) is 32.1 Å². The Labute approximate surface area is 151 Å². The molecule has 2 aromatic heterocycles. The minimum Gasteiger partial charge on any atom is -0.408 e. The average molecular weight is 353 g/mol. The van der Waals surface area contributed by atoms with Crippen LogP contribution in [0.25, 0.3) is 11.1 Å². The minimum atomic E-state index is -0.500. The first-order valence-corrected chi connectivity index (χ1v) is 9.15. The molecule has 0 atom stereocenters. The number of carbonyl (C=O) groups excluding carboxylic acids is 1. The van der Waals surface area contributed by atoms with Crippen LogP contribution in [-0.4, -0.2) is 15.5 Å². The first kappa shape index (κ1) is 16.7. The zero-order valence-electron chi connectivity index (χ0n) is 15.1. The fourth-order valence-corrected chi connectivity index (χ4v) is 4.14. The van der Waals surface area contributed by atoms with Gasteiger partial charge in [0.25, 0.3) is 5.91 Å². The lowest BCUT2D eigenvalue weighted by Crippen LogP contribution is -2.17. The van der Waals surface area contributed by atoms with E-state index in [0.717, 1.165) is 11.4 Å². The van der Waals surface area contributed by atoms with Crippen molar-refractivity contribution in [2.45, 2.75) is 52.0 Å². The van der Waals surface area contributed by atoms with Crippen molar-refractivity contribution in [1.29, 1.82) is 0 Å². The monoisotopic (exact) mass is 353 g/mol. The van der Waals surface area contributed by atoms with E-state index in [9.17, 15) is 9.59 Å². The summed E-state index contributed by atoms with van der Waals surface area (Å²) in [5, 5.41) is 2.93. The number of hydrogen-bond acceptors (Lipinski definition) is 3. The number of rotatable bonds is 3. The topological polar surface area (TPSA) is 80.0 Å². The van der Waals surface area contributed by atoms with Gasteiger partial charge in [-0.25, -0.2) is 4.79 Å². The zero-order valence-corrected chi connectivity index (χ0v) is 15.1. The number of hydrogen-bond donors (Lipinski definition) is 2. The summed E-state index contributed by atoms with van der Waals surface area (Å²) < 4.78 is 7.31. The molecule has 26 heavy (non-hydrogen) atoms. The Bertz CT molecular complexity index is 1020. The Morgan fingerprint density at radius 3 is 2.73 bits per heavy atom. The fourth-order valence-electron chi connectivity index (χ4n) is 4.14. The maximum atomic E-state index is 12.8. The van der Waals surface area contributed by atoms with Crippen molar-refractivity contribution in [3.63, 3.8) is 0 Å². The summed E-state index contributed by atoms with van der Waals surface area (Å²) in [6, 6.07) is 7.58. The van der Waals surface area contributed by atoms with Crippen LogP contribution >= 0.6 is 0 Å². The summed E-state index contributed by atoms with van der Waals surface area (Å²) in [6.07, 6.45) is 6.18. The predicted molar refractivity (Wildman–Crippen MR) is 101 cm³/mol. The SMILES string of the molecule is Cc1cc(C(=O)Nc2ccc3oc(=O)[nH]c3c2)c(C)n1C1CCCCC1. The molecule has 1 aromatic carbocycles. The van der Waals surface area contributed by atoms with E-state index in [1.807, 2.05) is 13.0 Å². The number of amides is 1. The van der Waals surface area contributed by atoms with E-state index < -0.39 is 5.76 Å². The van der Waals surface area contributed by atoms with Crippen molar-refractivity contribution in [2.75, 3.05) is 5.32 Å². The standard InChI is InChI=1S/C20H23N3O3/c1-12-10-16(13(2)23(12)15-6-4-3-5-7-15)19(24)21-14-8-9-18-17(11-14)22-20(25)26-18/h8-11,15H,3-7H2,1-2H3,(H,21,24)(H,22,25). The summed E-state index contributed by atoms with van der Waals surface area (Å²) >= 11 is 0. The second kappa shape index (κ2) is 6.52. The number of oxazole rings is 1. The Morgan fingerprint density at radius 1 is 1.19 bits per heavy atom. The van der Waals surface area contributed by atoms with E-state index in [0.29, 0.717) is 28.4 Å². The van der Waals surface area contributed by atoms with Gasteiger partial charge in [-0.3, -0.25) is 9.78 Å². The summed E-state index contributed by atoms with van der Waals surface area (Å²) in [6.45, 7) is 4.09. The Balaban J connectivity index is 1.60. The van der Waals surface area contributed by atoms with Crippen LogP contribution in [0.5, 0.6) is 0 Å². The lowest BCUT2D eigenvalue weighted by atomic mass is 9.95. The third-order valence-electron chi connectivity index (χ3n) is 5.35. The summed E-state index contributed by atoms with van der Waals surface area (Å²) in [5.41, 5.74) is 4.53. The Hall–Kier alpha value is -2.76. The number of nitrogens with zero attached hydrogens (tertiary/aromatic N) is 1.